The molecule has 1 aliphatic rings. The van der Waals surface area contributed by atoms with E-state index in [1.54, 1.807) is 24.3 Å². The Labute approximate surface area is 219 Å². The first-order chi connectivity index (χ1) is 18.6. The van der Waals surface area contributed by atoms with Crippen molar-refractivity contribution in [3.63, 3.8) is 0 Å². The largest absolute Gasteiger partial charge is 0.493 e. The number of halogens is 6. The Bertz CT molecular complexity index is 1500. The first-order valence-electron chi connectivity index (χ1n) is 11.4. The minimum absolute atomic E-state index is 0.0233. The molecule has 0 bridgehead atoms. The molecule has 0 N–H and O–H groups in total. The maximum atomic E-state index is 14.3. The van der Waals surface area contributed by atoms with Gasteiger partial charge in [0.1, 0.15) is 18.1 Å². The number of hydrogen-bond acceptors (Lipinski definition) is 4. The molecule has 1 heterocycles. The topological polar surface area (TPSA) is 51.1 Å². The molecule has 11 heteroatoms. The standard InChI is InChI=1S/C28H20F6N2O3/c1-4-5-17-10-16(12-20(38-3)27(17)39-13-15-6-8-18(29)9-7-15)11-19-14(2)35-36(28(19)37)26-24(33)22(31)21(30)23(32)25(26)34/h4,6-12H,1,5,13H2,2-3H3/b19-11+. The molecule has 39 heavy (non-hydrogen) atoms. The minimum Gasteiger partial charge on any atom is -0.493 e. The lowest BCUT2D eigenvalue weighted by Gasteiger charge is -2.16. The molecule has 3 aromatic rings. The maximum absolute atomic E-state index is 14.3. The Morgan fingerprint density at radius 3 is 2.15 bits per heavy atom. The van der Waals surface area contributed by atoms with Gasteiger partial charge >= 0.3 is 0 Å². The average Bonchev–Trinajstić information content (AvgIpc) is 3.19. The molecule has 5 nitrogen and oxygen atoms in total. The molecule has 0 atom stereocenters. The summed E-state index contributed by atoms with van der Waals surface area (Å²) in [6.07, 6.45) is 3.27. The Morgan fingerprint density at radius 1 is 0.949 bits per heavy atom. The number of hydrogen-bond donors (Lipinski definition) is 0. The van der Waals surface area contributed by atoms with E-state index in [0.29, 0.717) is 28.9 Å². The van der Waals surface area contributed by atoms with Crippen molar-refractivity contribution < 1.29 is 40.6 Å². The Balaban J connectivity index is 1.71. The number of nitrogens with zero attached hydrogens (tertiary/aromatic N) is 2. The smallest absolute Gasteiger partial charge is 0.280 e. The van der Waals surface area contributed by atoms with Gasteiger partial charge in [-0.25, -0.2) is 26.3 Å². The van der Waals surface area contributed by atoms with Gasteiger partial charge < -0.3 is 9.47 Å². The highest BCUT2D eigenvalue weighted by atomic mass is 19.2. The number of hydrazone groups is 1. The van der Waals surface area contributed by atoms with Crippen LogP contribution in [0.3, 0.4) is 0 Å². The highest BCUT2D eigenvalue weighted by Crippen LogP contribution is 2.37. The highest BCUT2D eigenvalue weighted by Gasteiger charge is 2.37. The minimum atomic E-state index is -2.35. The maximum Gasteiger partial charge on any atom is 0.280 e. The van der Waals surface area contributed by atoms with Gasteiger partial charge in [-0.05, 0) is 54.8 Å². The lowest BCUT2D eigenvalue weighted by atomic mass is 10.0. The molecule has 1 amide bonds. The molecule has 0 aromatic heterocycles. The predicted molar refractivity (Wildman–Crippen MR) is 132 cm³/mol. The number of benzene rings is 3. The number of carbonyl (C=O) groups is 1. The van der Waals surface area contributed by atoms with Crippen LogP contribution in [0.1, 0.15) is 23.6 Å². The second-order valence-electron chi connectivity index (χ2n) is 8.40. The number of anilines is 1. The van der Waals surface area contributed by atoms with Crippen molar-refractivity contribution in [3.8, 4) is 11.5 Å². The van der Waals surface area contributed by atoms with Crippen LogP contribution in [-0.2, 0) is 17.8 Å². The summed E-state index contributed by atoms with van der Waals surface area (Å²) in [6.45, 7) is 5.17. The van der Waals surface area contributed by atoms with Crippen LogP contribution in [0.2, 0.25) is 0 Å². The molecule has 0 unspecified atom stereocenters. The fraction of sp³-hybridized carbons (Fsp3) is 0.143. The van der Waals surface area contributed by atoms with Crippen LogP contribution in [0.4, 0.5) is 32.0 Å². The van der Waals surface area contributed by atoms with Crippen molar-refractivity contribution in [1.29, 1.82) is 0 Å². The molecular formula is C28H20F6N2O3. The number of carbonyl (C=O) groups excluding carboxylic acids is 1. The highest BCUT2D eigenvalue weighted by molar-refractivity contribution is 6.32. The molecule has 0 saturated carbocycles. The SMILES string of the molecule is C=CCc1cc(/C=C2/C(=O)N(c3c(F)c(F)c(F)c(F)c3F)N=C2C)cc(OC)c1OCc1ccc(F)cc1. The van der Waals surface area contributed by atoms with E-state index in [9.17, 15) is 31.1 Å². The van der Waals surface area contributed by atoms with Crippen molar-refractivity contribution in [2.24, 2.45) is 5.10 Å². The van der Waals surface area contributed by atoms with Crippen LogP contribution in [0.25, 0.3) is 6.08 Å². The van der Waals surface area contributed by atoms with Crippen LogP contribution in [0.15, 0.2) is 59.7 Å². The van der Waals surface area contributed by atoms with E-state index in [-0.39, 0.29) is 34.5 Å². The van der Waals surface area contributed by atoms with E-state index in [4.69, 9.17) is 9.47 Å². The summed E-state index contributed by atoms with van der Waals surface area (Å²) in [7, 11) is 1.40. The molecule has 3 aromatic carbocycles. The van der Waals surface area contributed by atoms with Crippen LogP contribution in [-0.4, -0.2) is 18.7 Å². The van der Waals surface area contributed by atoms with Crippen molar-refractivity contribution in [2.75, 3.05) is 12.1 Å². The van der Waals surface area contributed by atoms with Crippen molar-refractivity contribution in [3.05, 3.63) is 106 Å². The quantitative estimate of drug-likeness (QED) is 0.105. The van der Waals surface area contributed by atoms with Crippen molar-refractivity contribution in [2.45, 2.75) is 20.0 Å². The summed E-state index contributed by atoms with van der Waals surface area (Å²) in [5.41, 5.74) is 0.0553. The molecule has 4 rings (SSSR count). The van der Waals surface area contributed by atoms with Gasteiger partial charge in [0, 0.05) is 5.56 Å². The molecule has 0 fully saturated rings. The monoisotopic (exact) mass is 546 g/mol. The van der Waals surface area contributed by atoms with E-state index in [1.807, 2.05) is 0 Å². The fourth-order valence-electron chi connectivity index (χ4n) is 3.91. The summed E-state index contributed by atoms with van der Waals surface area (Å²) in [6, 6.07) is 8.91. The fourth-order valence-corrected chi connectivity index (χ4v) is 3.91. The molecule has 0 saturated heterocycles. The third kappa shape index (κ3) is 5.25. The molecule has 1 aliphatic heterocycles. The summed E-state index contributed by atoms with van der Waals surface area (Å²) < 4.78 is 94.3. The van der Waals surface area contributed by atoms with Crippen LogP contribution in [0.5, 0.6) is 11.5 Å². The Morgan fingerprint density at radius 2 is 1.56 bits per heavy atom. The van der Waals surface area contributed by atoms with Gasteiger partial charge in [0.15, 0.2) is 34.8 Å². The van der Waals surface area contributed by atoms with Gasteiger partial charge in [-0.1, -0.05) is 18.2 Å². The van der Waals surface area contributed by atoms with E-state index in [0.717, 1.165) is 0 Å². The molecule has 0 aliphatic carbocycles. The predicted octanol–water partition coefficient (Wildman–Crippen LogP) is 6.64. The number of methoxy groups -OCH3 is 1. The average molecular weight is 546 g/mol. The third-order valence-electron chi connectivity index (χ3n) is 5.81. The molecule has 0 radical (unpaired) electrons. The van der Waals surface area contributed by atoms with Crippen LogP contribution in [0, 0.1) is 34.9 Å². The first-order valence-corrected chi connectivity index (χ1v) is 11.4. The second kappa shape index (κ2) is 11.1. The zero-order chi connectivity index (χ0) is 28.4. The van der Waals surface area contributed by atoms with Crippen molar-refractivity contribution in [1.82, 2.24) is 0 Å². The van der Waals surface area contributed by atoms with E-state index in [1.165, 1.54) is 38.3 Å². The lowest BCUT2D eigenvalue weighted by molar-refractivity contribution is -0.114. The summed E-state index contributed by atoms with van der Waals surface area (Å²) in [5, 5.41) is 3.87. The first kappa shape index (κ1) is 27.5. The normalized spacial score (nSPS) is 14.2. The Kier molecular flexibility index (Phi) is 7.80. The molecule has 0 spiro atoms. The zero-order valence-electron chi connectivity index (χ0n) is 20.6. The van der Waals surface area contributed by atoms with Gasteiger partial charge in [0.2, 0.25) is 5.82 Å². The van der Waals surface area contributed by atoms with Crippen molar-refractivity contribution >= 4 is 23.4 Å². The number of amides is 1. The molecular weight excluding hydrogens is 526 g/mol. The van der Waals surface area contributed by atoms with E-state index < -0.39 is 40.7 Å². The second-order valence-corrected chi connectivity index (χ2v) is 8.40. The van der Waals surface area contributed by atoms with Gasteiger partial charge in [-0.2, -0.15) is 10.1 Å². The van der Waals surface area contributed by atoms with Gasteiger partial charge in [0.05, 0.1) is 18.4 Å². The van der Waals surface area contributed by atoms with Crippen LogP contribution < -0.4 is 14.5 Å². The van der Waals surface area contributed by atoms with E-state index in [2.05, 4.69) is 11.7 Å². The third-order valence-corrected chi connectivity index (χ3v) is 5.81. The summed E-state index contributed by atoms with van der Waals surface area (Å²) in [5.74, 6) is -12.0. The number of allylic oxidation sites excluding steroid dienone is 1. The van der Waals surface area contributed by atoms with Gasteiger partial charge in [-0.15, -0.1) is 6.58 Å². The summed E-state index contributed by atoms with van der Waals surface area (Å²) >= 11 is 0. The number of rotatable bonds is 8. The zero-order valence-corrected chi connectivity index (χ0v) is 20.6. The van der Waals surface area contributed by atoms with E-state index >= 15 is 0 Å². The van der Waals surface area contributed by atoms with Crippen LogP contribution >= 0.6 is 0 Å². The number of ether oxygens (including phenoxy) is 2. The van der Waals surface area contributed by atoms with Gasteiger partial charge in [-0.3, -0.25) is 4.79 Å². The summed E-state index contributed by atoms with van der Waals surface area (Å²) in [4.78, 5) is 13.0. The molecule has 202 valence electrons. The lowest BCUT2D eigenvalue weighted by Crippen LogP contribution is -2.25. The van der Waals surface area contributed by atoms with Gasteiger partial charge in [0.25, 0.3) is 5.91 Å². The Hall–Kier alpha value is -4.54.